The molecule has 1 nitrogen and oxygen atoms in total. The van der Waals surface area contributed by atoms with E-state index in [1.165, 1.54) is 47.2 Å². The minimum Gasteiger partial charge on any atom is -0.361 e. The molecule has 20 heavy (non-hydrogen) atoms. The number of benzene rings is 1. The maximum atomic E-state index is 3.50. The summed E-state index contributed by atoms with van der Waals surface area (Å²) in [5.41, 5.74) is 8.91. The molecule has 0 amide bonds. The molecule has 2 aromatic rings. The fourth-order valence-corrected chi connectivity index (χ4v) is 3.36. The summed E-state index contributed by atoms with van der Waals surface area (Å²) < 4.78 is 0. The van der Waals surface area contributed by atoms with Crippen molar-refractivity contribution < 1.29 is 0 Å². The zero-order valence-corrected chi connectivity index (χ0v) is 12.5. The summed E-state index contributed by atoms with van der Waals surface area (Å²) in [6.07, 6.45) is 7.93. The lowest BCUT2D eigenvalue weighted by Gasteiger charge is -2.09. The minimum absolute atomic E-state index is 1.09. The van der Waals surface area contributed by atoms with Crippen molar-refractivity contribution in [2.75, 3.05) is 0 Å². The number of fused-ring (bicyclic) bond motifs is 1. The normalized spacial score (nSPS) is 13.9. The van der Waals surface area contributed by atoms with Gasteiger partial charge in [0.05, 0.1) is 0 Å². The lowest BCUT2D eigenvalue weighted by atomic mass is 9.97. The van der Waals surface area contributed by atoms with Crippen LogP contribution in [0.15, 0.2) is 36.5 Å². The lowest BCUT2D eigenvalue weighted by Crippen LogP contribution is -1.93. The second kappa shape index (κ2) is 5.70. The Morgan fingerprint density at radius 3 is 2.60 bits per heavy atom. The van der Waals surface area contributed by atoms with Gasteiger partial charge in [-0.3, -0.25) is 0 Å². The Kier molecular flexibility index (Phi) is 3.77. The molecule has 1 N–H and O–H groups in total. The molecule has 0 unspecified atom stereocenters. The topological polar surface area (TPSA) is 15.8 Å². The average Bonchev–Trinajstić information content (AvgIpc) is 3.05. The zero-order valence-electron chi connectivity index (χ0n) is 12.5. The first-order valence-electron chi connectivity index (χ1n) is 7.82. The summed E-state index contributed by atoms with van der Waals surface area (Å²) in [7, 11) is 0. The van der Waals surface area contributed by atoms with E-state index in [1.54, 1.807) is 5.57 Å². The van der Waals surface area contributed by atoms with E-state index in [9.17, 15) is 0 Å². The first-order chi connectivity index (χ1) is 9.85. The SMILES string of the molecule is CCCC1=C(c2[nH]ccc2CCC)Cc2ccccc21. The maximum Gasteiger partial charge on any atom is 0.0451 e. The number of H-pyrrole nitrogens is 1. The fourth-order valence-electron chi connectivity index (χ4n) is 3.36. The minimum atomic E-state index is 1.09. The van der Waals surface area contributed by atoms with Gasteiger partial charge in [-0.1, -0.05) is 51.0 Å². The molecule has 0 radical (unpaired) electrons. The Morgan fingerprint density at radius 2 is 1.80 bits per heavy atom. The number of rotatable bonds is 5. The number of aryl methyl sites for hydroxylation is 1. The van der Waals surface area contributed by atoms with E-state index in [0.717, 1.165) is 12.8 Å². The Balaban J connectivity index is 2.07. The Bertz CT molecular complexity index is 631. The van der Waals surface area contributed by atoms with E-state index in [1.807, 2.05) is 0 Å². The maximum absolute atomic E-state index is 3.50. The van der Waals surface area contributed by atoms with Crippen molar-refractivity contribution in [2.24, 2.45) is 0 Å². The van der Waals surface area contributed by atoms with Crippen LogP contribution in [0, 0.1) is 0 Å². The van der Waals surface area contributed by atoms with E-state index in [-0.39, 0.29) is 0 Å². The van der Waals surface area contributed by atoms with Gasteiger partial charge in [0.25, 0.3) is 0 Å². The van der Waals surface area contributed by atoms with Crippen LogP contribution in [0.5, 0.6) is 0 Å². The van der Waals surface area contributed by atoms with Gasteiger partial charge in [-0.15, -0.1) is 0 Å². The predicted molar refractivity (Wildman–Crippen MR) is 86.7 cm³/mol. The van der Waals surface area contributed by atoms with Crippen molar-refractivity contribution in [2.45, 2.75) is 46.0 Å². The molecule has 1 aliphatic carbocycles. The summed E-state index contributed by atoms with van der Waals surface area (Å²) in [6, 6.07) is 11.1. The van der Waals surface area contributed by atoms with Crippen LogP contribution in [0.1, 0.15) is 55.5 Å². The Morgan fingerprint density at radius 1 is 1.00 bits per heavy atom. The highest BCUT2D eigenvalue weighted by Crippen LogP contribution is 2.41. The van der Waals surface area contributed by atoms with Gasteiger partial charge in [0, 0.05) is 18.3 Å². The Hall–Kier alpha value is -1.76. The molecule has 1 aromatic carbocycles. The van der Waals surface area contributed by atoms with Gasteiger partial charge in [0.2, 0.25) is 0 Å². The molecular formula is C19H23N. The van der Waals surface area contributed by atoms with Crippen LogP contribution in [0.25, 0.3) is 11.1 Å². The number of hydrogen-bond donors (Lipinski definition) is 1. The first kappa shape index (κ1) is 13.2. The van der Waals surface area contributed by atoms with Gasteiger partial charge in [-0.25, -0.2) is 0 Å². The molecule has 0 atom stereocenters. The van der Waals surface area contributed by atoms with Crippen LogP contribution in [0.3, 0.4) is 0 Å². The van der Waals surface area contributed by atoms with Gasteiger partial charge >= 0.3 is 0 Å². The molecule has 0 bridgehead atoms. The van der Waals surface area contributed by atoms with Crippen molar-refractivity contribution in [1.82, 2.24) is 4.98 Å². The van der Waals surface area contributed by atoms with Crippen LogP contribution in [-0.4, -0.2) is 4.98 Å². The number of nitrogens with one attached hydrogen (secondary N) is 1. The molecule has 1 aromatic heterocycles. The number of allylic oxidation sites excluding steroid dienone is 2. The van der Waals surface area contributed by atoms with Gasteiger partial charge in [-0.05, 0) is 46.7 Å². The molecule has 0 fully saturated rings. The van der Waals surface area contributed by atoms with Crippen LogP contribution >= 0.6 is 0 Å². The molecule has 0 saturated heterocycles. The molecular weight excluding hydrogens is 242 g/mol. The number of hydrogen-bond acceptors (Lipinski definition) is 0. The van der Waals surface area contributed by atoms with Gasteiger partial charge < -0.3 is 4.98 Å². The van der Waals surface area contributed by atoms with Gasteiger partial charge in [0.15, 0.2) is 0 Å². The second-order valence-corrected chi connectivity index (χ2v) is 5.67. The van der Waals surface area contributed by atoms with Crippen molar-refractivity contribution >= 4 is 11.1 Å². The third kappa shape index (κ3) is 2.22. The fraction of sp³-hybridized carbons (Fsp3) is 0.368. The summed E-state index contributed by atoms with van der Waals surface area (Å²) in [4.78, 5) is 3.50. The standard InChI is InChI=1S/C19H23N/c1-3-7-14-11-12-20-19(14)18-13-15-9-5-6-10-16(15)17(18)8-4-2/h5-6,9-12,20H,3-4,7-8,13H2,1-2H3. The average molecular weight is 265 g/mol. The van der Waals surface area contributed by atoms with Crippen LogP contribution in [0.4, 0.5) is 0 Å². The molecule has 0 spiro atoms. The van der Waals surface area contributed by atoms with Crippen molar-refractivity contribution in [3.63, 3.8) is 0 Å². The molecule has 0 aliphatic heterocycles. The van der Waals surface area contributed by atoms with Crippen LogP contribution in [-0.2, 0) is 12.8 Å². The highest BCUT2D eigenvalue weighted by atomic mass is 14.7. The third-order valence-corrected chi connectivity index (χ3v) is 4.23. The molecule has 104 valence electrons. The molecule has 0 saturated carbocycles. The van der Waals surface area contributed by atoms with Crippen LogP contribution in [0.2, 0.25) is 0 Å². The predicted octanol–water partition coefficient (Wildman–Crippen LogP) is 5.23. The van der Waals surface area contributed by atoms with E-state index in [4.69, 9.17) is 0 Å². The highest BCUT2D eigenvalue weighted by Gasteiger charge is 2.23. The Labute approximate surface area is 121 Å². The smallest absolute Gasteiger partial charge is 0.0451 e. The summed E-state index contributed by atoms with van der Waals surface area (Å²) in [6.45, 7) is 4.52. The second-order valence-electron chi connectivity index (χ2n) is 5.67. The lowest BCUT2D eigenvalue weighted by molar-refractivity contribution is 0.918. The summed E-state index contributed by atoms with van der Waals surface area (Å²) >= 11 is 0. The van der Waals surface area contributed by atoms with E-state index >= 15 is 0 Å². The molecule has 1 aliphatic rings. The molecule has 1 heteroatoms. The van der Waals surface area contributed by atoms with Gasteiger partial charge in [-0.2, -0.15) is 0 Å². The zero-order chi connectivity index (χ0) is 13.9. The first-order valence-corrected chi connectivity index (χ1v) is 7.82. The molecule has 1 heterocycles. The van der Waals surface area contributed by atoms with E-state index in [2.05, 4.69) is 55.4 Å². The monoisotopic (exact) mass is 265 g/mol. The van der Waals surface area contributed by atoms with Gasteiger partial charge in [0.1, 0.15) is 0 Å². The van der Waals surface area contributed by atoms with Crippen LogP contribution < -0.4 is 0 Å². The quantitative estimate of drug-likeness (QED) is 0.761. The third-order valence-electron chi connectivity index (χ3n) is 4.23. The largest absolute Gasteiger partial charge is 0.361 e. The highest BCUT2D eigenvalue weighted by molar-refractivity contribution is 5.96. The van der Waals surface area contributed by atoms with E-state index < -0.39 is 0 Å². The van der Waals surface area contributed by atoms with Crippen molar-refractivity contribution in [1.29, 1.82) is 0 Å². The summed E-state index contributed by atoms with van der Waals surface area (Å²) in [5, 5.41) is 0. The van der Waals surface area contributed by atoms with E-state index in [0.29, 0.717) is 0 Å². The molecule has 3 rings (SSSR count). The number of aromatic amines is 1. The summed E-state index contributed by atoms with van der Waals surface area (Å²) in [5.74, 6) is 0. The number of aromatic nitrogens is 1. The van der Waals surface area contributed by atoms with Crippen molar-refractivity contribution in [3.05, 3.63) is 58.9 Å². The van der Waals surface area contributed by atoms with Crippen molar-refractivity contribution in [3.8, 4) is 0 Å².